The number of allylic oxidation sites excluding steroid dienone is 4. The Kier molecular flexibility index (Phi) is 4.89. The number of nitrogens with zero attached hydrogens (tertiary/aromatic N) is 1. The number of carbonyl (C=O) groups is 1. The average Bonchev–Trinajstić information content (AvgIpc) is 2.84. The van der Waals surface area contributed by atoms with Gasteiger partial charge in [-0.3, -0.25) is 0 Å². The van der Waals surface area contributed by atoms with Crippen LogP contribution in [0.3, 0.4) is 0 Å². The monoisotopic (exact) mass is 667 g/mol. The predicted molar refractivity (Wildman–Crippen MR) is 125 cm³/mol. The number of hydrogen-bond acceptors (Lipinski definition) is 3. The van der Waals surface area contributed by atoms with Crippen LogP contribution in [-0.4, -0.2) is 39.2 Å². The van der Waals surface area contributed by atoms with Gasteiger partial charge >= 0.3 is 190 Å². The zero-order chi connectivity index (χ0) is 18.8. The van der Waals surface area contributed by atoms with Crippen LogP contribution in [-0.2, 0) is 4.79 Å². The zero-order valence-electron chi connectivity index (χ0n) is 13.7. The summed E-state index contributed by atoms with van der Waals surface area (Å²) in [5.41, 5.74) is 2.67. The number of fused-ring (bicyclic) bond motifs is 2. The van der Waals surface area contributed by atoms with Crippen LogP contribution in [0.5, 0.6) is 5.75 Å². The topological polar surface area (TPSA) is 49.7 Å². The number of carbonyl (C=O) groups excluding carboxylic acids is 1. The third-order valence-corrected chi connectivity index (χ3v) is 16.2. The maximum atomic E-state index is 12.0. The Labute approximate surface area is 188 Å². The van der Waals surface area contributed by atoms with Crippen molar-refractivity contribution in [2.45, 2.75) is 13.1 Å². The molecule has 3 nitrogen and oxygen atoms in total. The molecular formula is C18H12Br2INO2SeSi. The average molecular weight is 668 g/mol. The first-order valence-electron chi connectivity index (χ1n) is 7.75. The molecule has 132 valence electrons. The number of phenols is 1. The molecule has 1 aliphatic heterocycles. The summed E-state index contributed by atoms with van der Waals surface area (Å²) < 4.78 is 4.46. The second kappa shape index (κ2) is 6.67. The summed E-state index contributed by atoms with van der Waals surface area (Å²) in [5, 5.41) is 12.9. The molecule has 0 radical (unpaired) electrons. The van der Waals surface area contributed by atoms with Crippen molar-refractivity contribution in [2.24, 2.45) is 4.99 Å². The summed E-state index contributed by atoms with van der Waals surface area (Å²) in [6.45, 7) is 4.46. The molecule has 0 saturated carbocycles. The Morgan fingerprint density at radius 3 is 2.62 bits per heavy atom. The first kappa shape index (κ1) is 19.1. The summed E-state index contributed by atoms with van der Waals surface area (Å²) in [6.07, 6.45) is 5.11. The Balaban J connectivity index is 2.09. The zero-order valence-corrected chi connectivity index (χ0v) is 21.8. The first-order valence-corrected chi connectivity index (χ1v) is 15.1. The molecular weight excluding hydrogens is 656 g/mol. The molecule has 4 rings (SSSR count). The second-order valence-corrected chi connectivity index (χ2v) is 16.9. The van der Waals surface area contributed by atoms with Crippen molar-refractivity contribution in [2.75, 3.05) is 0 Å². The van der Waals surface area contributed by atoms with E-state index in [0.29, 0.717) is 0 Å². The summed E-state index contributed by atoms with van der Waals surface area (Å²) in [7, 11) is -2.22. The van der Waals surface area contributed by atoms with Gasteiger partial charge < -0.3 is 0 Å². The van der Waals surface area contributed by atoms with E-state index < -0.39 is 8.07 Å². The summed E-state index contributed by atoms with van der Waals surface area (Å²) in [6, 6.07) is 3.62. The SMILES string of the molecule is C[Si]1(C)C2=CC(=O)C=CC2=Nc2ccc(O)c(-c3[se]c(Br)c(I)c3Br)c21. The molecule has 0 bridgehead atoms. The van der Waals surface area contributed by atoms with Crippen LogP contribution in [0.15, 0.2) is 48.4 Å². The molecule has 0 atom stereocenters. The van der Waals surface area contributed by atoms with Gasteiger partial charge in [0.15, 0.2) is 0 Å². The van der Waals surface area contributed by atoms with E-state index in [1.54, 1.807) is 18.2 Å². The van der Waals surface area contributed by atoms with Gasteiger partial charge in [0.25, 0.3) is 0 Å². The normalized spacial score (nSPS) is 17.5. The molecule has 2 aromatic rings. The van der Waals surface area contributed by atoms with Gasteiger partial charge in [0, 0.05) is 0 Å². The van der Waals surface area contributed by atoms with E-state index in [-0.39, 0.29) is 26.0 Å². The molecule has 1 N–H and O–H groups in total. The molecule has 8 heteroatoms. The van der Waals surface area contributed by atoms with Crippen molar-refractivity contribution in [1.29, 1.82) is 0 Å². The fourth-order valence-corrected chi connectivity index (χ4v) is 12.4. The van der Waals surface area contributed by atoms with Gasteiger partial charge in [-0.15, -0.1) is 0 Å². The van der Waals surface area contributed by atoms with Crippen LogP contribution in [0.2, 0.25) is 13.1 Å². The van der Waals surface area contributed by atoms with Gasteiger partial charge in [0.05, 0.1) is 0 Å². The minimum absolute atomic E-state index is 0.00844. The quantitative estimate of drug-likeness (QED) is 0.269. The van der Waals surface area contributed by atoms with E-state index in [9.17, 15) is 9.90 Å². The first-order chi connectivity index (χ1) is 12.2. The summed E-state index contributed by atoms with van der Waals surface area (Å²) in [5.74, 6) is 0.288. The van der Waals surface area contributed by atoms with Gasteiger partial charge in [0.1, 0.15) is 0 Å². The van der Waals surface area contributed by atoms with Gasteiger partial charge in [-0.05, 0) is 0 Å². The molecule has 1 aromatic carbocycles. The van der Waals surface area contributed by atoms with Gasteiger partial charge in [0.2, 0.25) is 0 Å². The molecule has 0 spiro atoms. The van der Waals surface area contributed by atoms with Gasteiger partial charge in [-0.1, -0.05) is 0 Å². The molecule has 0 saturated heterocycles. The van der Waals surface area contributed by atoms with E-state index in [1.807, 2.05) is 12.1 Å². The number of aromatic hydroxyl groups is 1. The van der Waals surface area contributed by atoms with Crippen molar-refractivity contribution in [3.8, 4) is 15.8 Å². The summed E-state index contributed by atoms with van der Waals surface area (Å²) >= 11 is 9.77. The van der Waals surface area contributed by atoms with Crippen LogP contribution in [0.25, 0.3) is 10.0 Å². The van der Waals surface area contributed by atoms with E-state index in [0.717, 1.165) is 39.8 Å². The van der Waals surface area contributed by atoms with Crippen molar-refractivity contribution >= 4 is 99.4 Å². The fraction of sp³-hybridized carbons (Fsp3) is 0.111. The van der Waals surface area contributed by atoms with E-state index in [4.69, 9.17) is 4.99 Å². The minimum atomic E-state index is -2.22. The van der Waals surface area contributed by atoms with E-state index >= 15 is 0 Å². The molecule has 0 fully saturated rings. The molecule has 2 heterocycles. The second-order valence-electron chi connectivity index (χ2n) is 6.60. The molecule has 0 unspecified atom stereocenters. The molecule has 26 heavy (non-hydrogen) atoms. The Morgan fingerprint density at radius 2 is 1.96 bits per heavy atom. The van der Waals surface area contributed by atoms with Crippen LogP contribution < -0.4 is 5.19 Å². The van der Waals surface area contributed by atoms with Crippen molar-refractivity contribution < 1.29 is 9.90 Å². The standard InChI is InChI=1S/C18H12Br2INO2SeSi/c1-26(2)12-7-8(23)3-4-9(12)22-10-5-6-11(24)13(17(10)26)16-14(19)15(21)18(20)25-16/h3-7,24H,1-2H3. The Bertz CT molecular complexity index is 1090. The molecule has 1 aromatic heterocycles. The molecule has 2 aliphatic rings. The number of rotatable bonds is 1. The Morgan fingerprint density at radius 1 is 1.23 bits per heavy atom. The van der Waals surface area contributed by atoms with E-state index in [1.165, 1.54) is 3.35 Å². The fourth-order valence-electron chi connectivity index (χ4n) is 3.44. The number of halogens is 3. The summed E-state index contributed by atoms with van der Waals surface area (Å²) in [4.78, 5) is 16.8. The van der Waals surface area contributed by atoms with Crippen LogP contribution >= 0.6 is 54.5 Å². The van der Waals surface area contributed by atoms with Gasteiger partial charge in [-0.2, -0.15) is 0 Å². The number of phenolic OH excluding ortho intramolecular Hbond substituents is 1. The van der Waals surface area contributed by atoms with Crippen molar-refractivity contribution in [3.63, 3.8) is 0 Å². The van der Waals surface area contributed by atoms with E-state index in [2.05, 4.69) is 67.5 Å². The van der Waals surface area contributed by atoms with Crippen LogP contribution in [0.4, 0.5) is 5.69 Å². The number of aliphatic imine (C=N–C) groups is 1. The van der Waals surface area contributed by atoms with Gasteiger partial charge in [-0.25, -0.2) is 0 Å². The maximum absolute atomic E-state index is 12.0. The number of ketones is 1. The van der Waals surface area contributed by atoms with Crippen molar-refractivity contribution in [3.05, 3.63) is 46.9 Å². The number of benzene rings is 1. The number of hydrogen-bond donors (Lipinski definition) is 1. The van der Waals surface area contributed by atoms with Crippen molar-refractivity contribution in [1.82, 2.24) is 0 Å². The third-order valence-electron chi connectivity index (χ3n) is 4.65. The predicted octanol–water partition coefficient (Wildman–Crippen LogP) is 4.85. The molecule has 1 aliphatic carbocycles. The van der Waals surface area contributed by atoms with Crippen LogP contribution in [0, 0.1) is 3.57 Å². The Hall–Kier alpha value is -0.254. The molecule has 0 amide bonds. The third kappa shape index (κ3) is 2.84. The van der Waals surface area contributed by atoms with Crippen LogP contribution in [0.1, 0.15) is 0 Å².